The van der Waals surface area contributed by atoms with Crippen LogP contribution in [0.3, 0.4) is 0 Å². The van der Waals surface area contributed by atoms with E-state index in [0.717, 1.165) is 6.08 Å². The zero-order valence-corrected chi connectivity index (χ0v) is 7.60. The Morgan fingerprint density at radius 1 is 1.31 bits per heavy atom. The number of allylic oxidation sites excluding steroid dienone is 1. The van der Waals surface area contributed by atoms with Crippen LogP contribution in [0.5, 0.6) is 0 Å². The zero-order chi connectivity index (χ0) is 10.3. The molecule has 0 aliphatic carbocycles. The highest BCUT2D eigenvalue weighted by molar-refractivity contribution is 5.87. The molecule has 0 heterocycles. The van der Waals surface area contributed by atoms with E-state index in [1.54, 1.807) is 0 Å². The van der Waals surface area contributed by atoms with Crippen molar-refractivity contribution in [1.82, 2.24) is 4.90 Å². The highest BCUT2D eigenvalue weighted by Crippen LogP contribution is 1.99. The van der Waals surface area contributed by atoms with Crippen molar-refractivity contribution >= 4 is 5.78 Å². The molecule has 0 aliphatic heterocycles. The third-order valence-corrected chi connectivity index (χ3v) is 1.40. The third-order valence-electron chi connectivity index (χ3n) is 1.40. The Labute approximate surface area is 76.9 Å². The Morgan fingerprint density at radius 3 is 2.08 bits per heavy atom. The largest absolute Gasteiger partial charge is 0.495 e. The van der Waals surface area contributed by atoms with Gasteiger partial charge in [-0.3, -0.25) is 4.79 Å². The summed E-state index contributed by atoms with van der Waals surface area (Å²) in [5, 5.41) is 26.5. The van der Waals surface area contributed by atoms with Crippen LogP contribution in [0, 0.1) is 0 Å². The second-order valence-corrected chi connectivity index (χ2v) is 2.55. The van der Waals surface area contributed by atoms with Crippen molar-refractivity contribution in [2.75, 3.05) is 26.3 Å². The third kappa shape index (κ3) is 5.21. The maximum absolute atomic E-state index is 10.6. The van der Waals surface area contributed by atoms with Crippen LogP contribution in [-0.4, -0.2) is 52.3 Å². The normalized spacial score (nSPS) is 11.5. The first kappa shape index (κ1) is 11.9. The molecule has 0 spiro atoms. The summed E-state index contributed by atoms with van der Waals surface area (Å²) < 4.78 is 0. The SMILES string of the molecule is CC(=O)/C=C(\O)N(CCO)CCO. The molecule has 5 heteroatoms. The summed E-state index contributed by atoms with van der Waals surface area (Å²) in [5.74, 6) is -0.506. The Hall–Kier alpha value is -1.07. The van der Waals surface area contributed by atoms with Gasteiger partial charge in [-0.2, -0.15) is 0 Å². The van der Waals surface area contributed by atoms with Crippen molar-refractivity contribution in [3.05, 3.63) is 12.0 Å². The van der Waals surface area contributed by atoms with Crippen molar-refractivity contribution in [1.29, 1.82) is 0 Å². The molecule has 0 saturated carbocycles. The topological polar surface area (TPSA) is 81.0 Å². The molecule has 0 radical (unpaired) electrons. The lowest BCUT2D eigenvalue weighted by Gasteiger charge is -2.20. The van der Waals surface area contributed by atoms with E-state index >= 15 is 0 Å². The minimum Gasteiger partial charge on any atom is -0.495 e. The highest BCUT2D eigenvalue weighted by atomic mass is 16.3. The Kier molecular flexibility index (Phi) is 5.92. The Bertz CT molecular complexity index is 185. The van der Waals surface area contributed by atoms with Gasteiger partial charge in [0.2, 0.25) is 0 Å². The summed E-state index contributed by atoms with van der Waals surface area (Å²) in [5.41, 5.74) is 0. The van der Waals surface area contributed by atoms with Crippen molar-refractivity contribution in [3.8, 4) is 0 Å². The predicted octanol–water partition coefficient (Wildman–Crippen LogP) is -0.739. The first-order chi connectivity index (χ1) is 6.11. The van der Waals surface area contributed by atoms with E-state index < -0.39 is 0 Å². The number of carbonyl (C=O) groups excluding carboxylic acids is 1. The maximum atomic E-state index is 10.6. The molecule has 0 aromatic carbocycles. The molecule has 0 saturated heterocycles. The fraction of sp³-hybridized carbons (Fsp3) is 0.625. The summed E-state index contributed by atoms with van der Waals surface area (Å²) in [6.45, 7) is 1.41. The van der Waals surface area contributed by atoms with Crippen LogP contribution in [0.4, 0.5) is 0 Å². The minimum absolute atomic E-state index is 0.143. The lowest BCUT2D eigenvalue weighted by atomic mass is 10.4. The molecule has 0 aromatic rings. The maximum Gasteiger partial charge on any atom is 0.190 e. The summed E-state index contributed by atoms with van der Waals surface area (Å²) in [7, 11) is 0. The Morgan fingerprint density at radius 2 is 1.77 bits per heavy atom. The van der Waals surface area contributed by atoms with Crippen molar-refractivity contribution in [3.63, 3.8) is 0 Å². The molecular weight excluding hydrogens is 174 g/mol. The first-order valence-electron chi connectivity index (χ1n) is 3.99. The van der Waals surface area contributed by atoms with Gasteiger partial charge < -0.3 is 20.2 Å². The smallest absolute Gasteiger partial charge is 0.190 e. The fourth-order valence-corrected chi connectivity index (χ4v) is 0.855. The molecule has 3 N–H and O–H groups in total. The molecule has 0 amide bonds. The number of hydrogen-bond donors (Lipinski definition) is 3. The molecule has 76 valence electrons. The fourth-order valence-electron chi connectivity index (χ4n) is 0.855. The van der Waals surface area contributed by atoms with E-state index in [4.69, 9.17) is 10.2 Å². The number of ketones is 1. The van der Waals surface area contributed by atoms with E-state index in [1.165, 1.54) is 11.8 Å². The lowest BCUT2D eigenvalue weighted by Crippen LogP contribution is -2.29. The van der Waals surface area contributed by atoms with Crippen molar-refractivity contribution in [2.24, 2.45) is 0 Å². The van der Waals surface area contributed by atoms with Gasteiger partial charge in [0.25, 0.3) is 0 Å². The molecule has 0 atom stereocenters. The van der Waals surface area contributed by atoms with Crippen molar-refractivity contribution < 1.29 is 20.1 Å². The van der Waals surface area contributed by atoms with Gasteiger partial charge >= 0.3 is 0 Å². The molecule has 0 aliphatic rings. The molecule has 0 aromatic heterocycles. The second kappa shape index (κ2) is 6.45. The summed E-state index contributed by atoms with van der Waals surface area (Å²) in [4.78, 5) is 11.9. The van der Waals surface area contributed by atoms with Crippen LogP contribution in [0.2, 0.25) is 0 Å². The average Bonchev–Trinajstić information content (AvgIpc) is 2.02. The van der Waals surface area contributed by atoms with Crippen molar-refractivity contribution in [2.45, 2.75) is 6.92 Å². The lowest BCUT2D eigenvalue weighted by molar-refractivity contribution is -0.112. The van der Waals surface area contributed by atoms with Crippen LogP contribution < -0.4 is 0 Å². The second-order valence-electron chi connectivity index (χ2n) is 2.55. The number of carbonyl (C=O) groups is 1. The van der Waals surface area contributed by atoms with E-state index in [0.29, 0.717) is 0 Å². The number of hydrogen-bond acceptors (Lipinski definition) is 5. The van der Waals surface area contributed by atoms with Gasteiger partial charge in [0.05, 0.1) is 13.2 Å². The molecule has 0 rings (SSSR count). The zero-order valence-electron chi connectivity index (χ0n) is 7.60. The van der Waals surface area contributed by atoms with Gasteiger partial charge in [-0.1, -0.05) is 0 Å². The van der Waals surface area contributed by atoms with Gasteiger partial charge in [0, 0.05) is 19.2 Å². The quantitative estimate of drug-likeness (QED) is 0.379. The van der Waals surface area contributed by atoms with Crippen LogP contribution in [0.25, 0.3) is 0 Å². The number of aliphatic hydroxyl groups is 3. The van der Waals surface area contributed by atoms with Crippen LogP contribution >= 0.6 is 0 Å². The predicted molar refractivity (Wildman–Crippen MR) is 47.1 cm³/mol. The molecule has 0 unspecified atom stereocenters. The first-order valence-corrected chi connectivity index (χ1v) is 3.99. The molecule has 13 heavy (non-hydrogen) atoms. The molecular formula is C8H15NO4. The number of nitrogens with zero attached hydrogens (tertiary/aromatic N) is 1. The highest BCUT2D eigenvalue weighted by Gasteiger charge is 2.06. The number of aliphatic hydroxyl groups excluding tert-OH is 3. The van der Waals surface area contributed by atoms with Gasteiger partial charge in [0.15, 0.2) is 11.7 Å². The molecule has 5 nitrogen and oxygen atoms in total. The van der Waals surface area contributed by atoms with Gasteiger partial charge in [-0.15, -0.1) is 0 Å². The molecule has 0 bridgehead atoms. The Balaban J connectivity index is 4.25. The van der Waals surface area contributed by atoms with E-state index in [1.807, 2.05) is 0 Å². The van der Waals surface area contributed by atoms with Gasteiger partial charge in [-0.25, -0.2) is 0 Å². The van der Waals surface area contributed by atoms with E-state index in [-0.39, 0.29) is 38.0 Å². The average molecular weight is 189 g/mol. The van der Waals surface area contributed by atoms with E-state index in [2.05, 4.69) is 0 Å². The van der Waals surface area contributed by atoms with Crippen LogP contribution in [0.15, 0.2) is 12.0 Å². The van der Waals surface area contributed by atoms with Gasteiger partial charge in [-0.05, 0) is 6.92 Å². The number of rotatable bonds is 6. The van der Waals surface area contributed by atoms with E-state index in [9.17, 15) is 9.90 Å². The minimum atomic E-state index is -0.279. The summed E-state index contributed by atoms with van der Waals surface area (Å²) >= 11 is 0. The van der Waals surface area contributed by atoms with Crippen LogP contribution in [0.1, 0.15) is 6.92 Å². The van der Waals surface area contributed by atoms with Gasteiger partial charge in [0.1, 0.15) is 0 Å². The standard InChI is InChI=1S/C8H15NO4/c1-7(12)6-8(13)9(2-4-10)3-5-11/h6,10-11,13H,2-5H2,1H3/b8-6-. The molecule has 0 fully saturated rings. The summed E-state index contributed by atoms with van der Waals surface area (Å²) in [6, 6.07) is 0. The van der Waals surface area contributed by atoms with Crippen LogP contribution in [-0.2, 0) is 4.79 Å². The summed E-state index contributed by atoms with van der Waals surface area (Å²) in [6.07, 6.45) is 1.05. The monoisotopic (exact) mass is 189 g/mol.